The average Bonchev–Trinajstić information content (AvgIpc) is 2.37. The van der Waals surface area contributed by atoms with Crippen LogP contribution >= 0.6 is 0 Å². The fraction of sp³-hybridized carbons (Fsp3) is 0.308. The number of Topliss-reactive ketones (excluding diaryl/α,β-unsaturated/α-hetero) is 1. The zero-order valence-corrected chi connectivity index (χ0v) is 10.4. The molecule has 5 heteroatoms. The van der Waals surface area contributed by atoms with Crippen LogP contribution in [0.15, 0.2) is 30.0 Å². The van der Waals surface area contributed by atoms with Crippen LogP contribution in [0.1, 0.15) is 12.6 Å². The van der Waals surface area contributed by atoms with Gasteiger partial charge < -0.3 is 9.47 Å². The zero-order valence-electron chi connectivity index (χ0n) is 10.4. The average molecular weight is 249 g/mol. The molecule has 0 spiro atoms. The van der Waals surface area contributed by atoms with Crippen molar-refractivity contribution in [2.45, 2.75) is 6.92 Å². The van der Waals surface area contributed by atoms with E-state index in [4.69, 9.17) is 9.47 Å². The Morgan fingerprint density at radius 2 is 2.11 bits per heavy atom. The molecule has 0 bridgehead atoms. The van der Waals surface area contributed by atoms with E-state index in [1.165, 1.54) is 20.1 Å². The number of carbonyl (C=O) groups excluding carboxylic acids is 2. The van der Waals surface area contributed by atoms with E-state index in [0.717, 1.165) is 0 Å². The van der Waals surface area contributed by atoms with Gasteiger partial charge in [-0.1, -0.05) is 6.07 Å². The van der Waals surface area contributed by atoms with E-state index in [0.29, 0.717) is 12.3 Å². The van der Waals surface area contributed by atoms with Gasteiger partial charge in [-0.2, -0.15) is 0 Å². The van der Waals surface area contributed by atoms with Gasteiger partial charge in [-0.25, -0.2) is 4.79 Å². The van der Waals surface area contributed by atoms with Gasteiger partial charge in [-0.05, 0) is 25.1 Å². The Labute approximate surface area is 105 Å². The number of hydrogen-bond donors (Lipinski definition) is 0. The summed E-state index contributed by atoms with van der Waals surface area (Å²) in [7, 11) is 1.50. The molecule has 1 rings (SSSR count). The molecule has 1 aromatic rings. The molecule has 0 aliphatic rings. The Morgan fingerprint density at radius 3 is 2.67 bits per heavy atom. The first-order valence-corrected chi connectivity index (χ1v) is 5.45. The van der Waals surface area contributed by atoms with Crippen LogP contribution in [0.3, 0.4) is 0 Å². The van der Waals surface area contributed by atoms with Gasteiger partial charge in [0.15, 0.2) is 5.78 Å². The van der Waals surface area contributed by atoms with Gasteiger partial charge in [-0.15, -0.1) is 0 Å². The van der Waals surface area contributed by atoms with Gasteiger partial charge in [0.2, 0.25) is 0 Å². The molecule has 0 unspecified atom stereocenters. The second kappa shape index (κ2) is 7.34. The van der Waals surface area contributed by atoms with E-state index < -0.39 is 5.97 Å². The molecule has 0 aliphatic carbocycles. The lowest BCUT2D eigenvalue weighted by atomic mass is 10.1. The maximum atomic E-state index is 11.7. The number of carbonyl (C=O) groups is 2. The number of pyridine rings is 1. The number of ether oxygens (including phenoxy) is 2. The smallest absolute Gasteiger partial charge is 0.341 e. The van der Waals surface area contributed by atoms with Crippen molar-refractivity contribution in [2.75, 3.05) is 20.3 Å². The van der Waals surface area contributed by atoms with Crippen LogP contribution < -0.4 is 0 Å². The van der Waals surface area contributed by atoms with E-state index in [9.17, 15) is 9.59 Å². The van der Waals surface area contributed by atoms with E-state index in [1.807, 2.05) is 0 Å². The molecule has 1 aromatic heterocycles. The summed E-state index contributed by atoms with van der Waals surface area (Å²) < 4.78 is 9.65. The number of rotatable bonds is 6. The van der Waals surface area contributed by atoms with Crippen molar-refractivity contribution < 1.29 is 19.1 Å². The van der Waals surface area contributed by atoms with Gasteiger partial charge in [0.1, 0.15) is 12.2 Å². The molecule has 1 heterocycles. The summed E-state index contributed by atoms with van der Waals surface area (Å²) in [6.45, 7) is 1.72. The summed E-state index contributed by atoms with van der Waals surface area (Å²) in [5.74, 6) is -1.02. The molecule has 0 atom stereocenters. The number of hydrogen-bond acceptors (Lipinski definition) is 5. The van der Waals surface area contributed by atoms with Crippen molar-refractivity contribution >= 4 is 17.8 Å². The van der Waals surface area contributed by atoms with Gasteiger partial charge in [-0.3, -0.25) is 9.78 Å². The Bertz CT molecular complexity index is 440. The van der Waals surface area contributed by atoms with E-state index in [1.54, 1.807) is 24.4 Å². The highest BCUT2D eigenvalue weighted by Gasteiger charge is 2.16. The lowest BCUT2D eigenvalue weighted by molar-refractivity contribution is -0.141. The highest BCUT2D eigenvalue weighted by atomic mass is 16.6. The number of nitrogens with zero attached hydrogens (tertiary/aromatic N) is 1. The van der Waals surface area contributed by atoms with Crippen LogP contribution in [0.2, 0.25) is 0 Å². The Hall–Kier alpha value is -2.01. The molecule has 0 fully saturated rings. The number of methoxy groups -OCH3 is 1. The maximum Gasteiger partial charge on any atom is 0.341 e. The van der Waals surface area contributed by atoms with Crippen molar-refractivity contribution in [1.82, 2.24) is 4.98 Å². The zero-order chi connectivity index (χ0) is 13.4. The highest BCUT2D eigenvalue weighted by Crippen LogP contribution is 2.07. The lowest BCUT2D eigenvalue weighted by Crippen LogP contribution is -2.16. The van der Waals surface area contributed by atoms with Crippen LogP contribution in [0.25, 0.3) is 6.08 Å². The lowest BCUT2D eigenvalue weighted by Gasteiger charge is -2.05. The third-order valence-electron chi connectivity index (χ3n) is 2.10. The molecule has 0 radical (unpaired) electrons. The topological polar surface area (TPSA) is 65.5 Å². The van der Waals surface area contributed by atoms with Crippen LogP contribution in [-0.2, 0) is 19.1 Å². The summed E-state index contributed by atoms with van der Waals surface area (Å²) in [5.41, 5.74) is 0.510. The van der Waals surface area contributed by atoms with Crippen molar-refractivity contribution in [3.05, 3.63) is 35.7 Å². The minimum atomic E-state index is -0.662. The normalized spacial score (nSPS) is 11.1. The summed E-state index contributed by atoms with van der Waals surface area (Å²) in [6.07, 6.45) is 3.00. The third kappa shape index (κ3) is 4.47. The Kier molecular flexibility index (Phi) is 5.73. The molecule has 0 saturated heterocycles. The minimum Gasteiger partial charge on any atom is -0.460 e. The monoisotopic (exact) mass is 249 g/mol. The van der Waals surface area contributed by atoms with E-state index in [2.05, 4.69) is 4.98 Å². The maximum absolute atomic E-state index is 11.7. The summed E-state index contributed by atoms with van der Waals surface area (Å²) in [4.78, 5) is 27.1. The molecular weight excluding hydrogens is 234 g/mol. The van der Waals surface area contributed by atoms with Crippen LogP contribution in [-0.4, -0.2) is 37.1 Å². The fourth-order valence-corrected chi connectivity index (χ4v) is 1.21. The molecule has 0 saturated carbocycles. The van der Waals surface area contributed by atoms with Gasteiger partial charge in [0.05, 0.1) is 12.3 Å². The molecule has 5 nitrogen and oxygen atoms in total. The summed E-state index contributed by atoms with van der Waals surface area (Å²) in [6, 6.07) is 5.22. The SMILES string of the molecule is COCCOC(=O)C(=Cc1ccccn1)C(C)=O. The molecule has 96 valence electrons. The van der Waals surface area contributed by atoms with E-state index >= 15 is 0 Å². The van der Waals surface area contributed by atoms with Gasteiger partial charge >= 0.3 is 5.97 Å². The van der Waals surface area contributed by atoms with Crippen molar-refractivity contribution in [3.8, 4) is 0 Å². The number of aromatic nitrogens is 1. The largest absolute Gasteiger partial charge is 0.460 e. The summed E-state index contributed by atoms with van der Waals surface area (Å²) in [5, 5.41) is 0. The molecule has 0 N–H and O–H groups in total. The first kappa shape index (κ1) is 14.1. The molecular formula is C13H15NO4. The minimum absolute atomic E-state index is 0.0233. The van der Waals surface area contributed by atoms with Gasteiger partial charge in [0.25, 0.3) is 0 Å². The van der Waals surface area contributed by atoms with Gasteiger partial charge in [0, 0.05) is 13.3 Å². The third-order valence-corrected chi connectivity index (χ3v) is 2.10. The van der Waals surface area contributed by atoms with Crippen LogP contribution in [0.4, 0.5) is 0 Å². The predicted molar refractivity (Wildman–Crippen MR) is 65.7 cm³/mol. The quantitative estimate of drug-likeness (QED) is 0.249. The van der Waals surface area contributed by atoms with Crippen molar-refractivity contribution in [1.29, 1.82) is 0 Å². The van der Waals surface area contributed by atoms with Crippen molar-refractivity contribution in [2.24, 2.45) is 0 Å². The first-order chi connectivity index (χ1) is 8.65. The Balaban J connectivity index is 2.80. The first-order valence-electron chi connectivity index (χ1n) is 5.45. The second-order valence-corrected chi connectivity index (χ2v) is 3.50. The molecule has 0 amide bonds. The highest BCUT2D eigenvalue weighted by molar-refractivity contribution is 6.19. The molecule has 18 heavy (non-hydrogen) atoms. The van der Waals surface area contributed by atoms with Crippen molar-refractivity contribution in [3.63, 3.8) is 0 Å². The molecule has 0 aromatic carbocycles. The summed E-state index contributed by atoms with van der Waals surface area (Å²) >= 11 is 0. The predicted octanol–water partition coefficient (Wildman–Crippen LogP) is 1.24. The van der Waals surface area contributed by atoms with E-state index in [-0.39, 0.29) is 18.0 Å². The molecule has 0 aliphatic heterocycles. The number of esters is 1. The standard InChI is InChI=1S/C13H15NO4/c1-10(15)12(13(16)18-8-7-17-2)9-11-5-3-4-6-14-11/h3-6,9H,7-8H2,1-2H3. The second-order valence-electron chi connectivity index (χ2n) is 3.50. The number of ketones is 1. The van der Waals surface area contributed by atoms with Crippen LogP contribution in [0, 0.1) is 0 Å². The van der Waals surface area contributed by atoms with Crippen LogP contribution in [0.5, 0.6) is 0 Å². The Morgan fingerprint density at radius 1 is 1.33 bits per heavy atom. The fourth-order valence-electron chi connectivity index (χ4n) is 1.21.